The van der Waals surface area contributed by atoms with Crippen molar-refractivity contribution in [1.29, 1.82) is 0 Å². The molecule has 0 spiro atoms. The van der Waals surface area contributed by atoms with Crippen LogP contribution in [0, 0.1) is 5.82 Å². The Hall–Kier alpha value is -1.18. The fourth-order valence-corrected chi connectivity index (χ4v) is 2.68. The van der Waals surface area contributed by atoms with E-state index in [-0.39, 0.29) is 5.60 Å². The second kappa shape index (κ2) is 5.90. The van der Waals surface area contributed by atoms with Crippen molar-refractivity contribution in [2.24, 2.45) is 5.84 Å². The highest BCUT2D eigenvalue weighted by atomic mass is 19.4. The SMILES string of the molecule is COC1(CC(NN)c2ccc(F)c(C(F)(F)F)c2)CCC1. The summed E-state index contributed by atoms with van der Waals surface area (Å²) in [6.45, 7) is 0. The Morgan fingerprint density at radius 2 is 2.05 bits per heavy atom. The standard InChI is InChI=1S/C14H18F4N2O/c1-21-13(5-2-6-13)8-12(20-19)9-3-4-11(15)10(7-9)14(16,17)18/h3-4,7,12,20H,2,5-6,8,19H2,1H3. The van der Waals surface area contributed by atoms with Gasteiger partial charge in [-0.05, 0) is 43.4 Å². The second-order valence-electron chi connectivity index (χ2n) is 5.40. The normalized spacial score (nSPS) is 19.1. The van der Waals surface area contributed by atoms with E-state index < -0.39 is 23.6 Å². The van der Waals surface area contributed by atoms with Gasteiger partial charge in [0.05, 0.1) is 11.2 Å². The summed E-state index contributed by atoms with van der Waals surface area (Å²) in [5, 5.41) is 0. The summed E-state index contributed by atoms with van der Waals surface area (Å²) in [4.78, 5) is 0. The number of benzene rings is 1. The Balaban J connectivity index is 2.26. The number of ether oxygens (including phenoxy) is 1. The fraction of sp³-hybridized carbons (Fsp3) is 0.571. The van der Waals surface area contributed by atoms with Gasteiger partial charge in [0.1, 0.15) is 5.82 Å². The number of methoxy groups -OCH3 is 1. The van der Waals surface area contributed by atoms with Crippen LogP contribution in [0.25, 0.3) is 0 Å². The van der Waals surface area contributed by atoms with E-state index in [0.29, 0.717) is 12.0 Å². The van der Waals surface area contributed by atoms with Crippen molar-refractivity contribution in [2.45, 2.75) is 43.5 Å². The molecule has 2 rings (SSSR count). The third kappa shape index (κ3) is 3.36. The van der Waals surface area contributed by atoms with Crippen molar-refractivity contribution in [2.75, 3.05) is 7.11 Å². The lowest BCUT2D eigenvalue weighted by Gasteiger charge is -2.42. The van der Waals surface area contributed by atoms with Gasteiger partial charge in [-0.15, -0.1) is 0 Å². The van der Waals surface area contributed by atoms with Crippen LogP contribution in [0.1, 0.15) is 42.9 Å². The maximum Gasteiger partial charge on any atom is 0.419 e. The van der Waals surface area contributed by atoms with E-state index in [1.165, 1.54) is 6.07 Å². The fourth-order valence-electron chi connectivity index (χ4n) is 2.68. The molecule has 0 saturated heterocycles. The zero-order chi connectivity index (χ0) is 15.7. The molecule has 0 aromatic heterocycles. The van der Waals surface area contributed by atoms with Gasteiger partial charge in [0.15, 0.2) is 0 Å². The highest BCUT2D eigenvalue weighted by Gasteiger charge is 2.40. The lowest BCUT2D eigenvalue weighted by Crippen LogP contribution is -2.44. The summed E-state index contributed by atoms with van der Waals surface area (Å²) in [6, 6.07) is 2.42. The monoisotopic (exact) mass is 306 g/mol. The third-order valence-corrected chi connectivity index (χ3v) is 4.17. The summed E-state index contributed by atoms with van der Waals surface area (Å²) >= 11 is 0. The zero-order valence-corrected chi connectivity index (χ0v) is 11.6. The molecule has 1 aliphatic carbocycles. The summed E-state index contributed by atoms with van der Waals surface area (Å²) in [5.74, 6) is 4.18. The zero-order valence-electron chi connectivity index (χ0n) is 11.6. The molecule has 1 atom stereocenters. The molecule has 1 aromatic rings. The largest absolute Gasteiger partial charge is 0.419 e. The molecule has 1 aliphatic rings. The van der Waals surface area contributed by atoms with E-state index in [9.17, 15) is 17.6 Å². The van der Waals surface area contributed by atoms with Gasteiger partial charge in [-0.3, -0.25) is 11.3 Å². The Labute approximate surface area is 120 Å². The van der Waals surface area contributed by atoms with Gasteiger partial charge < -0.3 is 4.74 Å². The first-order chi connectivity index (χ1) is 9.81. The van der Waals surface area contributed by atoms with Crippen LogP contribution >= 0.6 is 0 Å². The minimum atomic E-state index is -4.73. The van der Waals surface area contributed by atoms with Crippen LogP contribution in [-0.2, 0) is 10.9 Å². The first-order valence-corrected chi connectivity index (χ1v) is 6.69. The lowest BCUT2D eigenvalue weighted by molar-refractivity contribution is -0.140. The smallest absolute Gasteiger partial charge is 0.378 e. The van der Waals surface area contributed by atoms with Crippen LogP contribution in [-0.4, -0.2) is 12.7 Å². The molecule has 21 heavy (non-hydrogen) atoms. The number of nitrogens with two attached hydrogens (primary N) is 1. The first kappa shape index (κ1) is 16.2. The highest BCUT2D eigenvalue weighted by Crippen LogP contribution is 2.42. The molecule has 118 valence electrons. The van der Waals surface area contributed by atoms with Gasteiger partial charge in [-0.1, -0.05) is 6.07 Å². The van der Waals surface area contributed by atoms with Crippen LogP contribution < -0.4 is 11.3 Å². The number of hydrazine groups is 1. The molecule has 1 saturated carbocycles. The van der Waals surface area contributed by atoms with Crippen molar-refractivity contribution in [3.63, 3.8) is 0 Å². The van der Waals surface area contributed by atoms with Crippen LogP contribution in [0.15, 0.2) is 18.2 Å². The van der Waals surface area contributed by atoms with Gasteiger partial charge in [-0.25, -0.2) is 4.39 Å². The average molecular weight is 306 g/mol. The second-order valence-corrected chi connectivity index (χ2v) is 5.40. The van der Waals surface area contributed by atoms with Crippen LogP contribution in [0.5, 0.6) is 0 Å². The van der Waals surface area contributed by atoms with Gasteiger partial charge in [0.25, 0.3) is 0 Å². The Morgan fingerprint density at radius 1 is 1.38 bits per heavy atom. The van der Waals surface area contributed by atoms with Crippen LogP contribution in [0.3, 0.4) is 0 Å². The molecule has 0 radical (unpaired) electrons. The molecular weight excluding hydrogens is 288 g/mol. The van der Waals surface area contributed by atoms with Crippen molar-refractivity contribution >= 4 is 0 Å². The van der Waals surface area contributed by atoms with E-state index >= 15 is 0 Å². The van der Waals surface area contributed by atoms with Gasteiger partial charge in [-0.2, -0.15) is 13.2 Å². The van der Waals surface area contributed by atoms with Gasteiger partial charge in [0, 0.05) is 13.2 Å². The maximum absolute atomic E-state index is 13.3. The van der Waals surface area contributed by atoms with E-state index in [1.807, 2.05) is 0 Å². The van der Waals surface area contributed by atoms with Crippen molar-refractivity contribution in [1.82, 2.24) is 5.43 Å². The third-order valence-electron chi connectivity index (χ3n) is 4.17. The molecule has 1 fully saturated rings. The summed E-state index contributed by atoms with van der Waals surface area (Å²) in [6.07, 6.45) is -1.58. The van der Waals surface area contributed by atoms with E-state index in [0.717, 1.165) is 31.4 Å². The number of halogens is 4. The first-order valence-electron chi connectivity index (χ1n) is 6.69. The van der Waals surface area contributed by atoms with Crippen molar-refractivity contribution in [3.05, 3.63) is 35.1 Å². The minimum absolute atomic E-state index is 0.301. The average Bonchev–Trinajstić information content (AvgIpc) is 2.38. The van der Waals surface area contributed by atoms with Gasteiger partial charge in [0.2, 0.25) is 0 Å². The number of hydrogen-bond donors (Lipinski definition) is 2. The maximum atomic E-state index is 13.3. The lowest BCUT2D eigenvalue weighted by atomic mass is 9.74. The van der Waals surface area contributed by atoms with E-state index in [2.05, 4.69) is 5.43 Å². The molecule has 0 aliphatic heterocycles. The van der Waals surface area contributed by atoms with Crippen LogP contribution in [0.2, 0.25) is 0 Å². The van der Waals surface area contributed by atoms with Crippen molar-refractivity contribution in [3.8, 4) is 0 Å². The predicted molar refractivity (Wildman–Crippen MR) is 69.7 cm³/mol. The quantitative estimate of drug-likeness (QED) is 0.498. The molecule has 0 heterocycles. The van der Waals surface area contributed by atoms with E-state index in [4.69, 9.17) is 10.6 Å². The Bertz CT molecular complexity index is 495. The predicted octanol–water partition coefficient (Wildman–Crippen LogP) is 3.31. The Kier molecular flexibility index (Phi) is 4.55. The molecular formula is C14H18F4N2O. The topological polar surface area (TPSA) is 47.3 Å². The Morgan fingerprint density at radius 3 is 2.48 bits per heavy atom. The van der Waals surface area contributed by atoms with Crippen molar-refractivity contribution < 1.29 is 22.3 Å². The summed E-state index contributed by atoms with van der Waals surface area (Å²) in [7, 11) is 1.58. The highest BCUT2D eigenvalue weighted by molar-refractivity contribution is 5.30. The summed E-state index contributed by atoms with van der Waals surface area (Å²) < 4.78 is 57.1. The number of hydrogen-bond acceptors (Lipinski definition) is 3. The number of alkyl halides is 3. The molecule has 1 unspecified atom stereocenters. The molecule has 3 N–H and O–H groups in total. The molecule has 7 heteroatoms. The minimum Gasteiger partial charge on any atom is -0.378 e. The summed E-state index contributed by atoms with van der Waals surface area (Å²) in [5.41, 5.74) is 1.17. The number of nitrogens with one attached hydrogen (secondary N) is 1. The molecule has 0 amide bonds. The number of rotatable bonds is 5. The van der Waals surface area contributed by atoms with E-state index in [1.54, 1.807) is 7.11 Å². The molecule has 1 aromatic carbocycles. The van der Waals surface area contributed by atoms with Gasteiger partial charge >= 0.3 is 6.18 Å². The molecule has 3 nitrogen and oxygen atoms in total. The van der Waals surface area contributed by atoms with Crippen LogP contribution in [0.4, 0.5) is 17.6 Å². The molecule has 0 bridgehead atoms.